The fraction of sp³-hybridized carbons (Fsp3) is 0.750. The van der Waals surface area contributed by atoms with Gasteiger partial charge in [-0.25, -0.2) is 0 Å². The van der Waals surface area contributed by atoms with Crippen molar-refractivity contribution < 1.29 is 0 Å². The van der Waals surface area contributed by atoms with Gasteiger partial charge in [0.05, 0.1) is 12.5 Å². The molecule has 2 nitrogen and oxygen atoms in total. The molecule has 0 saturated heterocycles. The molecule has 0 radical (unpaired) electrons. The molecule has 0 unspecified atom stereocenters. The van der Waals surface area contributed by atoms with Crippen LogP contribution < -0.4 is 5.73 Å². The van der Waals surface area contributed by atoms with Crippen LogP contribution in [-0.2, 0) is 0 Å². The largest absolute Gasteiger partial charge is 0.328 e. The molecule has 0 aliphatic carbocycles. The highest BCUT2D eigenvalue weighted by Gasteiger charge is 2.18. The van der Waals surface area contributed by atoms with Crippen molar-refractivity contribution in [2.75, 3.05) is 6.54 Å². The quantitative estimate of drug-likeness (QED) is 0.742. The van der Waals surface area contributed by atoms with Crippen LogP contribution in [0.1, 0.15) is 6.42 Å². The number of nitrogens with zero attached hydrogens (tertiary/aromatic N) is 1. The Morgan fingerprint density at radius 2 is 2.12 bits per heavy atom. The summed E-state index contributed by atoms with van der Waals surface area (Å²) in [5.74, 6) is 0. The molecule has 0 aliphatic rings. The Bertz CT molecular complexity index is 105. The number of nitriles is 1. The van der Waals surface area contributed by atoms with Crippen LogP contribution in [-0.4, -0.2) is 9.78 Å². The van der Waals surface area contributed by atoms with E-state index in [4.69, 9.17) is 11.0 Å². The van der Waals surface area contributed by atoms with Crippen LogP contribution >= 0.6 is 31.9 Å². The molecule has 0 heterocycles. The number of halogens is 2. The number of nitrogens with two attached hydrogens (primary N) is 1. The summed E-state index contributed by atoms with van der Waals surface area (Å²) in [4.78, 5) is 0. The summed E-state index contributed by atoms with van der Waals surface area (Å²) in [5.41, 5.74) is 5.25. The highest BCUT2D eigenvalue weighted by Crippen LogP contribution is 2.27. The standard InChI is InChI=1S/C4H6Br2N2/c5-4(6,3-8)1-2-7/h1,3,8H2. The highest BCUT2D eigenvalue weighted by molar-refractivity contribution is 9.25. The molecule has 0 aromatic heterocycles. The Hall–Kier alpha value is 0.410. The lowest BCUT2D eigenvalue weighted by Gasteiger charge is -2.11. The van der Waals surface area contributed by atoms with Gasteiger partial charge >= 0.3 is 0 Å². The van der Waals surface area contributed by atoms with Gasteiger partial charge in [0.25, 0.3) is 0 Å². The van der Waals surface area contributed by atoms with E-state index in [0.717, 1.165) is 0 Å². The molecule has 46 valence electrons. The van der Waals surface area contributed by atoms with Gasteiger partial charge < -0.3 is 5.73 Å². The van der Waals surface area contributed by atoms with Crippen molar-refractivity contribution in [3.63, 3.8) is 0 Å². The van der Waals surface area contributed by atoms with E-state index < -0.39 is 0 Å². The van der Waals surface area contributed by atoms with Crippen LogP contribution in [0, 0.1) is 11.3 Å². The first kappa shape index (κ1) is 8.41. The predicted molar refractivity (Wildman–Crippen MR) is 39.9 cm³/mol. The van der Waals surface area contributed by atoms with E-state index in [9.17, 15) is 0 Å². The van der Waals surface area contributed by atoms with Crippen LogP contribution in [0.5, 0.6) is 0 Å². The Balaban J connectivity index is 3.58. The first-order valence-corrected chi connectivity index (χ1v) is 3.66. The molecule has 8 heavy (non-hydrogen) atoms. The summed E-state index contributed by atoms with van der Waals surface area (Å²) >= 11 is 6.42. The van der Waals surface area contributed by atoms with Gasteiger partial charge in [-0.3, -0.25) is 0 Å². The smallest absolute Gasteiger partial charge is 0.106 e. The monoisotopic (exact) mass is 240 g/mol. The normalized spacial score (nSPS) is 10.8. The van der Waals surface area contributed by atoms with Crippen LogP contribution in [0.15, 0.2) is 0 Å². The van der Waals surface area contributed by atoms with Gasteiger partial charge in [-0.15, -0.1) is 0 Å². The molecule has 4 heteroatoms. The fourth-order valence-corrected chi connectivity index (χ4v) is 0.439. The van der Waals surface area contributed by atoms with Crippen molar-refractivity contribution in [2.45, 2.75) is 9.65 Å². The van der Waals surface area contributed by atoms with Gasteiger partial charge in [0.1, 0.15) is 3.23 Å². The fourth-order valence-electron chi connectivity index (χ4n) is 0.188. The Morgan fingerprint density at radius 1 is 1.62 bits per heavy atom. The van der Waals surface area contributed by atoms with E-state index in [1.807, 2.05) is 6.07 Å². The van der Waals surface area contributed by atoms with Crippen LogP contribution in [0.3, 0.4) is 0 Å². The lowest BCUT2D eigenvalue weighted by atomic mass is 10.3. The zero-order chi connectivity index (χ0) is 6.62. The summed E-state index contributed by atoms with van der Waals surface area (Å²) in [7, 11) is 0. The van der Waals surface area contributed by atoms with E-state index >= 15 is 0 Å². The number of alkyl halides is 2. The summed E-state index contributed by atoms with van der Waals surface area (Å²) in [6, 6.07) is 1.99. The molecule has 0 fully saturated rings. The minimum atomic E-state index is -0.366. The summed E-state index contributed by atoms with van der Waals surface area (Å²) in [6.45, 7) is 0.417. The van der Waals surface area contributed by atoms with Crippen LogP contribution in [0.2, 0.25) is 0 Å². The lowest BCUT2D eigenvalue weighted by molar-refractivity contribution is 0.856. The first-order valence-electron chi connectivity index (χ1n) is 2.07. The SMILES string of the molecule is N#CCC(Br)(Br)CN. The molecule has 0 atom stereocenters. The third-order valence-electron chi connectivity index (χ3n) is 0.636. The zero-order valence-electron chi connectivity index (χ0n) is 4.19. The maximum Gasteiger partial charge on any atom is 0.106 e. The van der Waals surface area contributed by atoms with E-state index in [2.05, 4.69) is 31.9 Å². The molecule has 0 spiro atoms. The van der Waals surface area contributed by atoms with Crippen molar-refractivity contribution in [3.05, 3.63) is 0 Å². The predicted octanol–water partition coefficient (Wildman–Crippen LogP) is 1.34. The van der Waals surface area contributed by atoms with Crippen molar-refractivity contribution in [3.8, 4) is 6.07 Å². The van der Waals surface area contributed by atoms with E-state index in [1.54, 1.807) is 0 Å². The summed E-state index contributed by atoms with van der Waals surface area (Å²) < 4.78 is -0.366. The van der Waals surface area contributed by atoms with Crippen molar-refractivity contribution in [1.82, 2.24) is 0 Å². The lowest BCUT2D eigenvalue weighted by Crippen LogP contribution is -2.22. The van der Waals surface area contributed by atoms with E-state index in [-0.39, 0.29) is 3.23 Å². The van der Waals surface area contributed by atoms with Crippen LogP contribution in [0.25, 0.3) is 0 Å². The molecule has 0 aromatic rings. The molecule has 0 aliphatic heterocycles. The van der Waals surface area contributed by atoms with Gasteiger partial charge in [-0.2, -0.15) is 5.26 Å². The Morgan fingerprint density at radius 3 is 2.25 bits per heavy atom. The van der Waals surface area contributed by atoms with E-state index in [0.29, 0.717) is 13.0 Å². The van der Waals surface area contributed by atoms with Gasteiger partial charge in [0.2, 0.25) is 0 Å². The minimum absolute atomic E-state index is 0.366. The Kier molecular flexibility index (Phi) is 3.61. The van der Waals surface area contributed by atoms with Gasteiger partial charge in [0.15, 0.2) is 0 Å². The van der Waals surface area contributed by atoms with Gasteiger partial charge in [0, 0.05) is 6.54 Å². The van der Waals surface area contributed by atoms with Crippen molar-refractivity contribution >= 4 is 31.9 Å². The highest BCUT2D eigenvalue weighted by atomic mass is 79.9. The molecule has 2 N–H and O–H groups in total. The molecule has 0 rings (SSSR count). The minimum Gasteiger partial charge on any atom is -0.328 e. The molecule has 0 bridgehead atoms. The average molecular weight is 242 g/mol. The average Bonchev–Trinajstić information content (AvgIpc) is 1.67. The number of hydrogen-bond acceptors (Lipinski definition) is 2. The van der Waals surface area contributed by atoms with Crippen molar-refractivity contribution in [2.24, 2.45) is 5.73 Å². The molecule has 0 amide bonds. The second kappa shape index (κ2) is 3.44. The topological polar surface area (TPSA) is 49.8 Å². The van der Waals surface area contributed by atoms with Gasteiger partial charge in [-0.1, -0.05) is 31.9 Å². The number of hydrogen-bond donors (Lipinski definition) is 1. The maximum atomic E-state index is 8.17. The molecule has 0 aromatic carbocycles. The molecular weight excluding hydrogens is 236 g/mol. The number of rotatable bonds is 2. The third kappa shape index (κ3) is 3.42. The second-order valence-corrected chi connectivity index (χ2v) is 5.50. The summed E-state index contributed by atoms with van der Waals surface area (Å²) in [5, 5.41) is 8.17. The van der Waals surface area contributed by atoms with Crippen molar-refractivity contribution in [1.29, 1.82) is 5.26 Å². The zero-order valence-corrected chi connectivity index (χ0v) is 7.37. The Labute approximate surface area is 65.3 Å². The molecule has 0 saturated carbocycles. The molecular formula is C4H6Br2N2. The maximum absolute atomic E-state index is 8.17. The second-order valence-electron chi connectivity index (χ2n) is 1.39. The first-order chi connectivity index (χ1) is 3.62. The van der Waals surface area contributed by atoms with E-state index in [1.165, 1.54) is 0 Å². The third-order valence-corrected chi connectivity index (χ3v) is 1.84. The summed E-state index contributed by atoms with van der Waals surface area (Å²) in [6.07, 6.45) is 0.378. The van der Waals surface area contributed by atoms with Gasteiger partial charge in [-0.05, 0) is 0 Å². The van der Waals surface area contributed by atoms with Crippen LogP contribution in [0.4, 0.5) is 0 Å².